The van der Waals surface area contributed by atoms with Crippen molar-refractivity contribution in [1.29, 1.82) is 0 Å². The highest BCUT2D eigenvalue weighted by Gasteiger charge is 2.26. The van der Waals surface area contributed by atoms with Gasteiger partial charge in [0.1, 0.15) is 5.82 Å². The van der Waals surface area contributed by atoms with E-state index >= 15 is 0 Å². The predicted molar refractivity (Wildman–Crippen MR) is 64.5 cm³/mol. The van der Waals surface area contributed by atoms with Crippen LogP contribution in [0.1, 0.15) is 16.8 Å². The number of carbonyl (C=O) groups is 2. The standard InChI is InChI=1S/C13H15FN2O2/c1-16-8-9(6-12(16)17)7-15-13(18)10-2-4-11(14)5-3-10/h2-5,9H,6-8H2,1H3,(H,15,18). The number of nitrogens with one attached hydrogen (secondary N) is 1. The molecule has 5 heteroatoms. The van der Waals surface area contributed by atoms with Gasteiger partial charge in [-0.15, -0.1) is 0 Å². The van der Waals surface area contributed by atoms with Crippen LogP contribution in [0.2, 0.25) is 0 Å². The van der Waals surface area contributed by atoms with Crippen LogP contribution >= 0.6 is 0 Å². The molecule has 1 heterocycles. The van der Waals surface area contributed by atoms with Crippen molar-refractivity contribution >= 4 is 11.8 Å². The lowest BCUT2D eigenvalue weighted by Crippen LogP contribution is -2.30. The van der Waals surface area contributed by atoms with Crippen LogP contribution in [0.4, 0.5) is 4.39 Å². The molecule has 18 heavy (non-hydrogen) atoms. The molecule has 1 atom stereocenters. The van der Waals surface area contributed by atoms with Gasteiger partial charge in [0.15, 0.2) is 0 Å². The number of hydrogen-bond acceptors (Lipinski definition) is 2. The van der Waals surface area contributed by atoms with Crippen LogP contribution in [0.3, 0.4) is 0 Å². The lowest BCUT2D eigenvalue weighted by molar-refractivity contribution is -0.126. The summed E-state index contributed by atoms with van der Waals surface area (Å²) in [5.74, 6) is -0.338. The highest BCUT2D eigenvalue weighted by atomic mass is 19.1. The van der Waals surface area contributed by atoms with Gasteiger partial charge in [0, 0.05) is 38.0 Å². The number of benzene rings is 1. The van der Waals surface area contributed by atoms with E-state index in [9.17, 15) is 14.0 Å². The zero-order valence-electron chi connectivity index (χ0n) is 10.1. The third kappa shape index (κ3) is 2.85. The van der Waals surface area contributed by atoms with Crippen molar-refractivity contribution in [3.8, 4) is 0 Å². The van der Waals surface area contributed by atoms with E-state index in [2.05, 4.69) is 5.32 Å². The van der Waals surface area contributed by atoms with Gasteiger partial charge < -0.3 is 10.2 Å². The summed E-state index contributed by atoms with van der Waals surface area (Å²) in [5.41, 5.74) is 0.425. The number of halogens is 1. The Morgan fingerprint density at radius 2 is 2.11 bits per heavy atom. The summed E-state index contributed by atoms with van der Waals surface area (Å²) in [6, 6.07) is 5.39. The fourth-order valence-electron chi connectivity index (χ4n) is 2.03. The molecule has 1 aromatic carbocycles. The number of carbonyl (C=O) groups excluding carboxylic acids is 2. The zero-order valence-corrected chi connectivity index (χ0v) is 10.1. The van der Waals surface area contributed by atoms with Crippen LogP contribution < -0.4 is 5.32 Å². The summed E-state index contributed by atoms with van der Waals surface area (Å²) in [4.78, 5) is 24.7. The number of likely N-dealkylation sites (tertiary alicyclic amines) is 1. The lowest BCUT2D eigenvalue weighted by Gasteiger charge is -2.11. The third-order valence-corrected chi connectivity index (χ3v) is 3.08. The van der Waals surface area contributed by atoms with E-state index in [4.69, 9.17) is 0 Å². The Labute approximate surface area is 105 Å². The summed E-state index contributed by atoms with van der Waals surface area (Å²) in [7, 11) is 1.75. The van der Waals surface area contributed by atoms with Crippen molar-refractivity contribution in [3.05, 3.63) is 35.6 Å². The van der Waals surface area contributed by atoms with E-state index < -0.39 is 0 Å². The number of amides is 2. The van der Waals surface area contributed by atoms with Crippen LogP contribution in [0.5, 0.6) is 0 Å². The summed E-state index contributed by atoms with van der Waals surface area (Å²) < 4.78 is 12.7. The number of nitrogens with zero attached hydrogens (tertiary/aromatic N) is 1. The Morgan fingerprint density at radius 3 is 2.67 bits per heavy atom. The van der Waals surface area contributed by atoms with Gasteiger partial charge in [0.2, 0.25) is 5.91 Å². The molecule has 0 radical (unpaired) electrons. The molecule has 1 aliphatic rings. The van der Waals surface area contributed by atoms with Gasteiger partial charge >= 0.3 is 0 Å². The first kappa shape index (κ1) is 12.5. The van der Waals surface area contributed by atoms with Crippen molar-refractivity contribution in [2.24, 2.45) is 5.92 Å². The van der Waals surface area contributed by atoms with Crippen LogP contribution in [0.25, 0.3) is 0 Å². The first-order valence-corrected chi connectivity index (χ1v) is 5.84. The SMILES string of the molecule is CN1CC(CNC(=O)c2ccc(F)cc2)CC1=O. The van der Waals surface area contributed by atoms with Gasteiger partial charge in [-0.2, -0.15) is 0 Å². The molecular weight excluding hydrogens is 235 g/mol. The minimum Gasteiger partial charge on any atom is -0.352 e. The minimum absolute atomic E-state index is 0.107. The highest BCUT2D eigenvalue weighted by molar-refractivity contribution is 5.94. The molecule has 0 saturated carbocycles. The average Bonchev–Trinajstić information content (AvgIpc) is 2.67. The quantitative estimate of drug-likeness (QED) is 0.871. The Hall–Kier alpha value is -1.91. The number of rotatable bonds is 3. The van der Waals surface area contributed by atoms with Crippen LogP contribution in [0.15, 0.2) is 24.3 Å². The molecule has 2 rings (SSSR count). The van der Waals surface area contributed by atoms with E-state index in [1.807, 2.05) is 0 Å². The summed E-state index contributed by atoms with van der Waals surface area (Å²) in [6.07, 6.45) is 0.472. The predicted octanol–water partition coefficient (Wildman–Crippen LogP) is 1.03. The molecule has 1 fully saturated rings. The molecule has 96 valence electrons. The van der Waals surface area contributed by atoms with Crippen molar-refractivity contribution in [2.75, 3.05) is 20.1 Å². The van der Waals surface area contributed by atoms with Gasteiger partial charge in [0.25, 0.3) is 5.91 Å². The maximum Gasteiger partial charge on any atom is 0.251 e. The zero-order chi connectivity index (χ0) is 13.1. The topological polar surface area (TPSA) is 49.4 Å². The smallest absolute Gasteiger partial charge is 0.251 e. The summed E-state index contributed by atoms with van der Waals surface area (Å²) >= 11 is 0. The van der Waals surface area contributed by atoms with Crippen LogP contribution in [0, 0.1) is 11.7 Å². The molecule has 4 nitrogen and oxygen atoms in total. The Morgan fingerprint density at radius 1 is 1.44 bits per heavy atom. The molecule has 1 saturated heterocycles. The molecule has 2 amide bonds. The second-order valence-corrected chi connectivity index (χ2v) is 4.56. The number of hydrogen-bond donors (Lipinski definition) is 1. The third-order valence-electron chi connectivity index (χ3n) is 3.08. The van der Waals surface area contributed by atoms with Gasteiger partial charge in [-0.3, -0.25) is 9.59 Å². The average molecular weight is 250 g/mol. The molecule has 0 spiro atoms. The van der Waals surface area contributed by atoms with E-state index in [-0.39, 0.29) is 23.5 Å². The van der Waals surface area contributed by atoms with Crippen molar-refractivity contribution in [1.82, 2.24) is 10.2 Å². The molecule has 0 aliphatic carbocycles. The fraction of sp³-hybridized carbons (Fsp3) is 0.385. The first-order chi connectivity index (χ1) is 8.56. The van der Waals surface area contributed by atoms with Crippen molar-refractivity contribution in [3.63, 3.8) is 0 Å². The normalized spacial score (nSPS) is 19.1. The first-order valence-electron chi connectivity index (χ1n) is 5.84. The van der Waals surface area contributed by atoms with Crippen molar-refractivity contribution < 1.29 is 14.0 Å². The van der Waals surface area contributed by atoms with Crippen LogP contribution in [-0.2, 0) is 4.79 Å². The van der Waals surface area contributed by atoms with E-state index in [0.29, 0.717) is 25.1 Å². The molecule has 1 N–H and O–H groups in total. The van der Waals surface area contributed by atoms with E-state index in [1.54, 1.807) is 11.9 Å². The van der Waals surface area contributed by atoms with E-state index in [1.165, 1.54) is 24.3 Å². The fourth-order valence-corrected chi connectivity index (χ4v) is 2.03. The van der Waals surface area contributed by atoms with Gasteiger partial charge in [-0.25, -0.2) is 4.39 Å². The Bertz CT molecular complexity index is 459. The second-order valence-electron chi connectivity index (χ2n) is 4.56. The summed E-state index contributed by atoms with van der Waals surface area (Å²) in [5, 5.41) is 2.76. The Balaban J connectivity index is 1.85. The van der Waals surface area contributed by atoms with E-state index in [0.717, 1.165) is 0 Å². The lowest BCUT2D eigenvalue weighted by atomic mass is 10.1. The minimum atomic E-state index is -0.366. The maximum atomic E-state index is 12.7. The second kappa shape index (κ2) is 5.16. The molecular formula is C13H15FN2O2. The molecule has 0 aromatic heterocycles. The molecule has 1 aliphatic heterocycles. The monoisotopic (exact) mass is 250 g/mol. The van der Waals surface area contributed by atoms with Gasteiger partial charge in [-0.05, 0) is 24.3 Å². The van der Waals surface area contributed by atoms with Gasteiger partial charge in [0.05, 0.1) is 0 Å². The molecule has 0 bridgehead atoms. The Kier molecular flexibility index (Phi) is 3.60. The van der Waals surface area contributed by atoms with Crippen LogP contribution in [-0.4, -0.2) is 36.9 Å². The highest BCUT2D eigenvalue weighted by Crippen LogP contribution is 2.14. The molecule has 1 aromatic rings. The maximum absolute atomic E-state index is 12.7. The van der Waals surface area contributed by atoms with Gasteiger partial charge in [-0.1, -0.05) is 0 Å². The largest absolute Gasteiger partial charge is 0.352 e. The summed E-state index contributed by atoms with van der Waals surface area (Å²) in [6.45, 7) is 1.13. The molecule has 1 unspecified atom stereocenters. The van der Waals surface area contributed by atoms with Crippen molar-refractivity contribution in [2.45, 2.75) is 6.42 Å².